The van der Waals surface area contributed by atoms with Crippen molar-refractivity contribution in [2.45, 2.75) is 0 Å². The van der Waals surface area contributed by atoms with Crippen molar-refractivity contribution in [1.29, 1.82) is 0 Å². The number of rotatable bonds is 2. The van der Waals surface area contributed by atoms with E-state index in [0.717, 1.165) is 0 Å². The number of fused-ring (bicyclic) bond motifs is 6. The maximum atomic E-state index is 2.40. The Morgan fingerprint density at radius 1 is 0.326 bits per heavy atom. The SMILES string of the molecule is c1ccc2c(c1)ccc1c3ccccc3c(-c3ccc4cc(-c5ccc6ccc7cccc8sc5c6c78)ccc4c3)cc21. The van der Waals surface area contributed by atoms with Gasteiger partial charge in [-0.1, -0.05) is 121 Å². The van der Waals surface area contributed by atoms with E-state index in [1.807, 2.05) is 11.3 Å². The lowest BCUT2D eigenvalue weighted by Crippen LogP contribution is -1.87. The Balaban J connectivity index is 1.16. The van der Waals surface area contributed by atoms with Gasteiger partial charge in [0.2, 0.25) is 0 Å². The topological polar surface area (TPSA) is 0 Å². The van der Waals surface area contributed by atoms with Gasteiger partial charge >= 0.3 is 0 Å². The van der Waals surface area contributed by atoms with E-state index < -0.39 is 0 Å². The van der Waals surface area contributed by atoms with Crippen LogP contribution in [0.15, 0.2) is 146 Å². The zero-order chi connectivity index (χ0) is 28.1. The fraction of sp³-hybridized carbons (Fsp3) is 0. The van der Waals surface area contributed by atoms with Gasteiger partial charge in [0.05, 0.1) is 0 Å². The van der Waals surface area contributed by atoms with Gasteiger partial charge in [-0.3, -0.25) is 0 Å². The molecule has 0 saturated carbocycles. The monoisotopic (exact) mass is 560 g/mol. The van der Waals surface area contributed by atoms with E-state index in [9.17, 15) is 0 Å². The van der Waals surface area contributed by atoms with E-state index in [2.05, 4.69) is 146 Å². The fourth-order valence-electron chi connectivity index (χ4n) is 7.34. The molecule has 1 aromatic heterocycles. The minimum absolute atomic E-state index is 1.25. The maximum Gasteiger partial charge on any atom is 0.0440 e. The summed E-state index contributed by atoms with van der Waals surface area (Å²) in [7, 11) is 0. The largest absolute Gasteiger partial charge is 0.134 e. The number of hydrogen-bond acceptors (Lipinski definition) is 1. The van der Waals surface area contributed by atoms with Crippen molar-refractivity contribution in [2.24, 2.45) is 0 Å². The Labute approximate surface area is 252 Å². The first-order chi connectivity index (χ1) is 21.3. The van der Waals surface area contributed by atoms with Gasteiger partial charge < -0.3 is 0 Å². The molecule has 0 amide bonds. The third-order valence-electron chi connectivity index (χ3n) is 9.38. The average molecular weight is 561 g/mol. The third kappa shape index (κ3) is 3.31. The lowest BCUT2D eigenvalue weighted by molar-refractivity contribution is 1.69. The zero-order valence-electron chi connectivity index (χ0n) is 23.3. The van der Waals surface area contributed by atoms with Crippen molar-refractivity contribution >= 4 is 85.4 Å². The lowest BCUT2D eigenvalue weighted by atomic mass is 9.90. The summed E-state index contributed by atoms with van der Waals surface area (Å²) < 4.78 is 2.75. The first-order valence-electron chi connectivity index (χ1n) is 14.8. The third-order valence-corrected chi connectivity index (χ3v) is 10.6. The van der Waals surface area contributed by atoms with E-state index in [1.165, 1.54) is 96.3 Å². The summed E-state index contributed by atoms with van der Waals surface area (Å²) in [5, 5.41) is 15.8. The van der Waals surface area contributed by atoms with Gasteiger partial charge in [-0.05, 0) is 100 Å². The van der Waals surface area contributed by atoms with E-state index in [4.69, 9.17) is 0 Å². The molecule has 198 valence electrons. The molecule has 0 bridgehead atoms. The van der Waals surface area contributed by atoms with E-state index in [1.54, 1.807) is 0 Å². The molecule has 10 aromatic rings. The first kappa shape index (κ1) is 23.3. The molecular weight excluding hydrogens is 537 g/mol. The molecule has 0 aliphatic heterocycles. The Kier molecular flexibility index (Phi) is 4.69. The van der Waals surface area contributed by atoms with Crippen LogP contribution >= 0.6 is 11.3 Å². The first-order valence-corrected chi connectivity index (χ1v) is 15.7. The molecule has 9 aromatic carbocycles. The van der Waals surface area contributed by atoms with Gasteiger partial charge in [-0.2, -0.15) is 0 Å². The standard InChI is InChI=1S/C42H24S/c1-2-8-32-25(6-1)18-21-36-34-9-3-4-10-35(34)37(24-38(32)36)31-17-15-28-22-30(16-14-29(28)23-31)33-20-19-27-13-12-26-7-5-11-39-40(26)41(27)42(33)43-39/h1-24H. The Morgan fingerprint density at radius 3 is 1.77 bits per heavy atom. The molecule has 0 spiro atoms. The quantitative estimate of drug-likeness (QED) is 0.184. The molecule has 43 heavy (non-hydrogen) atoms. The van der Waals surface area contributed by atoms with Crippen molar-refractivity contribution in [3.05, 3.63) is 146 Å². The van der Waals surface area contributed by atoms with Crippen molar-refractivity contribution in [1.82, 2.24) is 0 Å². The molecule has 1 heteroatoms. The van der Waals surface area contributed by atoms with E-state index >= 15 is 0 Å². The molecule has 0 N–H and O–H groups in total. The summed E-state index contributed by atoms with van der Waals surface area (Å²) in [6, 6.07) is 54.2. The fourth-order valence-corrected chi connectivity index (χ4v) is 8.64. The number of thiophene rings is 1. The summed E-state index contributed by atoms with van der Waals surface area (Å²) in [6.45, 7) is 0. The molecule has 0 atom stereocenters. The molecular formula is C42H24S. The summed E-state index contributed by atoms with van der Waals surface area (Å²) in [6.07, 6.45) is 0. The zero-order valence-corrected chi connectivity index (χ0v) is 24.1. The number of benzene rings is 9. The van der Waals surface area contributed by atoms with Crippen molar-refractivity contribution in [3.8, 4) is 22.3 Å². The van der Waals surface area contributed by atoms with Crippen LogP contribution in [0.1, 0.15) is 0 Å². The Morgan fingerprint density at radius 2 is 0.930 bits per heavy atom. The van der Waals surface area contributed by atoms with Gasteiger partial charge in [-0.15, -0.1) is 11.3 Å². The Hall–Kier alpha value is -5.24. The molecule has 0 unspecified atom stereocenters. The van der Waals surface area contributed by atoms with Crippen LogP contribution in [0.5, 0.6) is 0 Å². The average Bonchev–Trinajstić information content (AvgIpc) is 3.47. The second-order valence-corrected chi connectivity index (χ2v) is 12.7. The lowest BCUT2D eigenvalue weighted by Gasteiger charge is -2.14. The Bertz CT molecular complexity index is 2730. The summed E-state index contributed by atoms with van der Waals surface area (Å²) in [4.78, 5) is 0. The van der Waals surface area contributed by atoms with Gasteiger partial charge in [0.25, 0.3) is 0 Å². The molecule has 0 aliphatic carbocycles. The predicted octanol–water partition coefficient (Wildman–Crippen LogP) is 12.6. The highest BCUT2D eigenvalue weighted by Crippen LogP contribution is 2.45. The van der Waals surface area contributed by atoms with Crippen LogP contribution in [0.3, 0.4) is 0 Å². The maximum absolute atomic E-state index is 2.40. The van der Waals surface area contributed by atoms with Crippen molar-refractivity contribution in [2.75, 3.05) is 0 Å². The van der Waals surface area contributed by atoms with Crippen LogP contribution < -0.4 is 0 Å². The second kappa shape index (κ2) is 8.64. The molecule has 0 saturated heterocycles. The molecule has 0 fully saturated rings. The summed E-state index contributed by atoms with van der Waals surface area (Å²) in [5.41, 5.74) is 5.13. The van der Waals surface area contributed by atoms with Crippen molar-refractivity contribution < 1.29 is 0 Å². The van der Waals surface area contributed by atoms with Crippen LogP contribution in [-0.4, -0.2) is 0 Å². The highest BCUT2D eigenvalue weighted by Gasteiger charge is 2.16. The highest BCUT2D eigenvalue weighted by atomic mass is 32.1. The van der Waals surface area contributed by atoms with Crippen LogP contribution in [0, 0.1) is 0 Å². The van der Waals surface area contributed by atoms with E-state index in [-0.39, 0.29) is 0 Å². The molecule has 10 rings (SSSR count). The van der Waals surface area contributed by atoms with Crippen molar-refractivity contribution in [3.63, 3.8) is 0 Å². The van der Waals surface area contributed by atoms with Crippen LogP contribution in [-0.2, 0) is 0 Å². The van der Waals surface area contributed by atoms with Gasteiger partial charge in [-0.25, -0.2) is 0 Å². The molecule has 0 nitrogen and oxygen atoms in total. The molecule has 0 aliphatic rings. The van der Waals surface area contributed by atoms with Gasteiger partial charge in [0.15, 0.2) is 0 Å². The van der Waals surface area contributed by atoms with Crippen LogP contribution in [0.2, 0.25) is 0 Å². The normalized spacial score (nSPS) is 12.2. The van der Waals surface area contributed by atoms with Crippen LogP contribution in [0.4, 0.5) is 0 Å². The summed E-state index contributed by atoms with van der Waals surface area (Å²) >= 11 is 1.92. The molecule has 0 radical (unpaired) electrons. The summed E-state index contributed by atoms with van der Waals surface area (Å²) in [5.74, 6) is 0. The second-order valence-electron chi connectivity index (χ2n) is 11.7. The predicted molar refractivity (Wildman–Crippen MR) is 189 cm³/mol. The minimum atomic E-state index is 1.25. The van der Waals surface area contributed by atoms with Crippen LogP contribution in [0.25, 0.3) is 96.3 Å². The number of hydrogen-bond donors (Lipinski definition) is 0. The highest BCUT2D eigenvalue weighted by molar-refractivity contribution is 7.26. The molecule has 1 heterocycles. The minimum Gasteiger partial charge on any atom is -0.134 e. The van der Waals surface area contributed by atoms with E-state index in [0.29, 0.717) is 0 Å². The van der Waals surface area contributed by atoms with Gasteiger partial charge in [0.1, 0.15) is 0 Å². The van der Waals surface area contributed by atoms with Gasteiger partial charge in [0, 0.05) is 20.2 Å². The smallest absolute Gasteiger partial charge is 0.0440 e.